The van der Waals surface area contributed by atoms with Crippen molar-refractivity contribution in [3.63, 3.8) is 0 Å². The topological polar surface area (TPSA) is 84.2 Å². The van der Waals surface area contributed by atoms with Crippen molar-refractivity contribution in [3.05, 3.63) is 41.1 Å². The van der Waals surface area contributed by atoms with Gasteiger partial charge in [0, 0.05) is 6.07 Å². The number of rotatable bonds is 4. The molecule has 20 heavy (non-hydrogen) atoms. The Morgan fingerprint density at radius 1 is 1.25 bits per heavy atom. The fourth-order valence-electron chi connectivity index (χ4n) is 1.52. The fourth-order valence-corrected chi connectivity index (χ4v) is 1.70. The molecule has 0 unspecified atom stereocenters. The lowest BCUT2D eigenvalue weighted by Crippen LogP contribution is -2.21. The summed E-state index contributed by atoms with van der Waals surface area (Å²) in [6, 6.07) is 8.34. The van der Waals surface area contributed by atoms with Crippen LogP contribution in [0.3, 0.4) is 0 Å². The van der Waals surface area contributed by atoms with Crippen LogP contribution in [-0.4, -0.2) is 17.0 Å². The summed E-state index contributed by atoms with van der Waals surface area (Å²) in [5.41, 5.74) is 0.462. The van der Waals surface area contributed by atoms with Gasteiger partial charge >= 0.3 is 0 Å². The smallest absolute Gasteiger partial charge is 0.235 e. The molecular formula is C13H12ClN3O3. The number of hydrogen-bond acceptors (Lipinski definition) is 4. The molecule has 2 N–H and O–H groups in total. The Kier molecular flexibility index (Phi) is 4.37. The normalized spacial score (nSPS) is 10.1. The first kappa shape index (κ1) is 14.1. The zero-order valence-corrected chi connectivity index (χ0v) is 11.4. The molecule has 0 saturated heterocycles. The molecule has 0 atom stereocenters. The van der Waals surface area contributed by atoms with E-state index < -0.39 is 11.8 Å². The third-order valence-electron chi connectivity index (χ3n) is 2.36. The van der Waals surface area contributed by atoms with E-state index >= 15 is 0 Å². The number of para-hydroxylation sites is 1. The van der Waals surface area contributed by atoms with Crippen LogP contribution in [0.25, 0.3) is 0 Å². The first-order valence-electron chi connectivity index (χ1n) is 5.82. The molecule has 0 aliphatic heterocycles. The van der Waals surface area contributed by atoms with Gasteiger partial charge in [-0.3, -0.25) is 9.59 Å². The minimum absolute atomic E-state index is 0.276. The third-order valence-corrected chi connectivity index (χ3v) is 2.69. The lowest BCUT2D eigenvalue weighted by atomic mass is 10.3. The summed E-state index contributed by atoms with van der Waals surface area (Å²) < 4.78 is 4.80. The van der Waals surface area contributed by atoms with E-state index in [2.05, 4.69) is 15.8 Å². The van der Waals surface area contributed by atoms with E-state index in [9.17, 15) is 9.59 Å². The zero-order valence-electron chi connectivity index (χ0n) is 10.6. The van der Waals surface area contributed by atoms with E-state index in [-0.39, 0.29) is 12.2 Å². The molecule has 104 valence electrons. The van der Waals surface area contributed by atoms with Crippen LogP contribution in [0, 0.1) is 6.92 Å². The van der Waals surface area contributed by atoms with Crippen molar-refractivity contribution in [2.45, 2.75) is 13.3 Å². The molecule has 0 radical (unpaired) electrons. The van der Waals surface area contributed by atoms with E-state index in [1.807, 2.05) is 0 Å². The first-order chi connectivity index (χ1) is 9.54. The van der Waals surface area contributed by atoms with Gasteiger partial charge in [0.05, 0.1) is 10.7 Å². The van der Waals surface area contributed by atoms with Gasteiger partial charge in [0.1, 0.15) is 12.2 Å². The average molecular weight is 294 g/mol. The molecule has 6 nitrogen and oxygen atoms in total. The van der Waals surface area contributed by atoms with Crippen molar-refractivity contribution in [1.29, 1.82) is 0 Å². The summed E-state index contributed by atoms with van der Waals surface area (Å²) in [6.45, 7) is 1.70. The molecule has 0 aliphatic rings. The maximum atomic E-state index is 11.7. The van der Waals surface area contributed by atoms with Crippen LogP contribution in [-0.2, 0) is 9.59 Å². The summed E-state index contributed by atoms with van der Waals surface area (Å²) in [4.78, 5) is 23.3. The van der Waals surface area contributed by atoms with Gasteiger partial charge < -0.3 is 15.2 Å². The number of hydrogen-bond donors (Lipinski definition) is 2. The van der Waals surface area contributed by atoms with Crippen molar-refractivity contribution in [1.82, 2.24) is 5.16 Å². The highest BCUT2D eigenvalue weighted by molar-refractivity contribution is 6.33. The minimum atomic E-state index is -0.483. The number of benzene rings is 1. The van der Waals surface area contributed by atoms with E-state index in [0.29, 0.717) is 16.5 Å². The number of halogens is 1. The monoisotopic (exact) mass is 293 g/mol. The lowest BCUT2D eigenvalue weighted by molar-refractivity contribution is -0.123. The van der Waals surface area contributed by atoms with Gasteiger partial charge in [0.15, 0.2) is 5.82 Å². The van der Waals surface area contributed by atoms with Crippen LogP contribution in [0.2, 0.25) is 5.02 Å². The molecule has 0 bridgehead atoms. The summed E-state index contributed by atoms with van der Waals surface area (Å²) in [7, 11) is 0. The number of aromatic nitrogens is 1. The molecule has 2 aromatic rings. The summed E-state index contributed by atoms with van der Waals surface area (Å²) in [6.07, 6.45) is -0.336. The Balaban J connectivity index is 1.88. The maximum Gasteiger partial charge on any atom is 0.235 e. The number of aryl methyl sites for hydroxylation is 1. The molecule has 0 spiro atoms. The second-order valence-electron chi connectivity index (χ2n) is 4.08. The molecule has 0 aliphatic carbocycles. The van der Waals surface area contributed by atoms with Crippen LogP contribution in [0.5, 0.6) is 0 Å². The van der Waals surface area contributed by atoms with Gasteiger partial charge in [-0.25, -0.2) is 0 Å². The van der Waals surface area contributed by atoms with Gasteiger partial charge in [0.2, 0.25) is 11.8 Å². The van der Waals surface area contributed by atoms with Gasteiger partial charge in [-0.05, 0) is 19.1 Å². The van der Waals surface area contributed by atoms with E-state index in [4.69, 9.17) is 16.1 Å². The Bertz CT molecular complexity index is 639. The molecule has 1 heterocycles. The van der Waals surface area contributed by atoms with E-state index in [1.165, 1.54) is 0 Å². The molecule has 1 aromatic carbocycles. The second-order valence-corrected chi connectivity index (χ2v) is 4.48. The van der Waals surface area contributed by atoms with E-state index in [0.717, 1.165) is 0 Å². The van der Waals surface area contributed by atoms with Crippen LogP contribution in [0.15, 0.2) is 34.9 Å². The van der Waals surface area contributed by atoms with Crippen LogP contribution < -0.4 is 10.6 Å². The van der Waals surface area contributed by atoms with Crippen molar-refractivity contribution in [2.24, 2.45) is 0 Å². The molecule has 0 fully saturated rings. The van der Waals surface area contributed by atoms with Gasteiger partial charge in [-0.15, -0.1) is 0 Å². The largest absolute Gasteiger partial charge is 0.360 e. The highest BCUT2D eigenvalue weighted by atomic mass is 35.5. The highest BCUT2D eigenvalue weighted by Crippen LogP contribution is 2.20. The average Bonchev–Trinajstić information content (AvgIpc) is 2.77. The highest BCUT2D eigenvalue weighted by Gasteiger charge is 2.12. The molecule has 0 saturated carbocycles. The first-order valence-corrected chi connectivity index (χ1v) is 6.20. The number of carbonyl (C=O) groups excluding carboxylic acids is 2. The Morgan fingerprint density at radius 3 is 2.60 bits per heavy atom. The summed E-state index contributed by atoms with van der Waals surface area (Å²) in [5, 5.41) is 9.02. The van der Waals surface area contributed by atoms with Crippen molar-refractivity contribution >= 4 is 34.9 Å². The molecule has 2 rings (SSSR count). The van der Waals surface area contributed by atoms with Gasteiger partial charge in [-0.1, -0.05) is 28.9 Å². The number of amides is 2. The van der Waals surface area contributed by atoms with Gasteiger partial charge in [-0.2, -0.15) is 0 Å². The Morgan fingerprint density at radius 2 is 1.95 bits per heavy atom. The minimum Gasteiger partial charge on any atom is -0.360 e. The number of nitrogens with one attached hydrogen (secondary N) is 2. The lowest BCUT2D eigenvalue weighted by Gasteiger charge is -2.06. The molecule has 2 amide bonds. The predicted octanol–water partition coefficient (Wildman–Crippen LogP) is 2.60. The summed E-state index contributed by atoms with van der Waals surface area (Å²) >= 11 is 5.90. The zero-order chi connectivity index (χ0) is 14.5. The standard InChI is InChI=1S/C13H12ClN3O3/c1-8-6-11(17-20-8)16-13(19)7-12(18)15-10-5-3-2-4-9(10)14/h2-6H,7H2,1H3,(H,15,18)(H,16,17,19). The SMILES string of the molecule is Cc1cc(NC(=O)CC(=O)Nc2ccccc2Cl)no1. The molecule has 1 aromatic heterocycles. The quantitative estimate of drug-likeness (QED) is 0.849. The summed E-state index contributed by atoms with van der Waals surface area (Å²) in [5.74, 6) is -0.0995. The fraction of sp³-hybridized carbons (Fsp3) is 0.154. The maximum absolute atomic E-state index is 11.7. The predicted molar refractivity (Wildman–Crippen MR) is 74.6 cm³/mol. The van der Waals surface area contributed by atoms with Crippen LogP contribution >= 0.6 is 11.6 Å². The molecular weight excluding hydrogens is 282 g/mol. The number of anilines is 2. The number of carbonyl (C=O) groups is 2. The Hall–Kier alpha value is -2.34. The third kappa shape index (κ3) is 3.83. The number of nitrogens with zero attached hydrogens (tertiary/aromatic N) is 1. The van der Waals surface area contributed by atoms with Crippen LogP contribution in [0.1, 0.15) is 12.2 Å². The second kappa shape index (κ2) is 6.21. The van der Waals surface area contributed by atoms with Crippen LogP contribution in [0.4, 0.5) is 11.5 Å². The van der Waals surface area contributed by atoms with Crippen molar-refractivity contribution in [3.8, 4) is 0 Å². The van der Waals surface area contributed by atoms with Crippen molar-refractivity contribution < 1.29 is 14.1 Å². The molecule has 7 heteroatoms. The van der Waals surface area contributed by atoms with Crippen molar-refractivity contribution in [2.75, 3.05) is 10.6 Å². The van der Waals surface area contributed by atoms with Gasteiger partial charge in [0.25, 0.3) is 0 Å². The Labute approximate surface area is 120 Å². The van der Waals surface area contributed by atoms with E-state index in [1.54, 1.807) is 37.3 Å².